The van der Waals surface area contributed by atoms with Gasteiger partial charge in [0.05, 0.1) is 12.5 Å². The third-order valence-electron chi connectivity index (χ3n) is 8.93. The Morgan fingerprint density at radius 3 is 2.16 bits per heavy atom. The smallest absolute Gasteiger partial charge is 0.308 e. The molecular weight excluding hydrogens is 618 g/mol. The molecule has 4 aromatic rings. The number of hydrogen-bond donors (Lipinski definition) is 2. The summed E-state index contributed by atoms with van der Waals surface area (Å²) in [6.07, 6.45) is 12.7. The number of amides is 2. The summed E-state index contributed by atoms with van der Waals surface area (Å²) < 4.78 is 5.89. The Bertz CT molecular complexity index is 1680. The number of carboxylic acid groups (broad SMARTS) is 1. The third kappa shape index (κ3) is 9.72. The number of aliphatic carboxylic acids is 1. The van der Waals surface area contributed by atoms with Crippen LogP contribution in [0.25, 0.3) is 22.5 Å². The molecule has 5 rings (SSSR count). The zero-order valence-electron chi connectivity index (χ0n) is 28.3. The summed E-state index contributed by atoms with van der Waals surface area (Å²) in [4.78, 5) is 53.3. The Morgan fingerprint density at radius 2 is 1.53 bits per heavy atom. The van der Waals surface area contributed by atoms with Gasteiger partial charge in [0, 0.05) is 49.2 Å². The molecule has 0 aliphatic carbocycles. The molecule has 0 saturated carbocycles. The number of carbonyl (C=O) groups is 3. The average Bonchev–Trinajstić information content (AvgIpc) is 3.64. The maximum Gasteiger partial charge on any atom is 0.308 e. The Hall–Kier alpha value is -5.12. The molecule has 0 spiro atoms. The van der Waals surface area contributed by atoms with Crippen molar-refractivity contribution in [3.05, 3.63) is 96.1 Å². The number of carbonyl (C=O) groups excluding carboxylic acids is 2. The number of aromatic nitrogens is 3. The van der Waals surface area contributed by atoms with Crippen molar-refractivity contribution in [3.63, 3.8) is 0 Å². The van der Waals surface area contributed by atoms with E-state index in [1.807, 2.05) is 61.5 Å². The molecular formula is C39H45N5O5. The number of pyridine rings is 1. The van der Waals surface area contributed by atoms with Gasteiger partial charge in [0.1, 0.15) is 17.5 Å². The average molecular weight is 664 g/mol. The second-order valence-corrected chi connectivity index (χ2v) is 12.5. The highest BCUT2D eigenvalue weighted by atomic mass is 16.5. The first-order valence-corrected chi connectivity index (χ1v) is 17.3. The largest absolute Gasteiger partial charge is 0.494 e. The number of carboxylic acids is 1. The molecule has 1 fully saturated rings. The highest BCUT2D eigenvalue weighted by Gasteiger charge is 2.35. The molecule has 0 radical (unpaired) electrons. The van der Waals surface area contributed by atoms with E-state index in [-0.39, 0.29) is 24.6 Å². The van der Waals surface area contributed by atoms with Gasteiger partial charge in [0.2, 0.25) is 5.91 Å². The minimum absolute atomic E-state index is 0.118. The molecule has 1 aliphatic rings. The van der Waals surface area contributed by atoms with Crippen LogP contribution >= 0.6 is 0 Å². The van der Waals surface area contributed by atoms with Gasteiger partial charge in [-0.3, -0.25) is 19.4 Å². The van der Waals surface area contributed by atoms with Crippen LogP contribution < -0.4 is 10.1 Å². The standard InChI is InChI=1S/C39H45N5O5/c1-3-5-6-7-8-21-49-33-16-14-29(15-17-33)32-24-41-36(42-25-32)30-12-9-28(10-13-30)22-35(38(46)44-20-19-31(26-44)39(47)48)43-37(45)34-18-11-27(4-2)23-40-34/h9-18,23-25,31,35H,3-8,19-22,26H2,1-2H3,(H,43,45)(H,47,48)/t31-,35?/m0/s1. The van der Waals surface area contributed by atoms with Crippen molar-refractivity contribution in [1.82, 2.24) is 25.2 Å². The molecule has 2 atom stereocenters. The molecule has 2 amide bonds. The number of ether oxygens (including phenoxy) is 1. The molecule has 2 aromatic carbocycles. The van der Waals surface area contributed by atoms with E-state index < -0.39 is 23.8 Å². The zero-order chi connectivity index (χ0) is 34.6. The lowest BCUT2D eigenvalue weighted by molar-refractivity contribution is -0.141. The molecule has 3 heterocycles. The van der Waals surface area contributed by atoms with Crippen molar-refractivity contribution in [2.24, 2.45) is 5.92 Å². The third-order valence-corrected chi connectivity index (χ3v) is 8.93. The molecule has 49 heavy (non-hydrogen) atoms. The summed E-state index contributed by atoms with van der Waals surface area (Å²) in [5.41, 5.74) is 4.75. The first-order valence-electron chi connectivity index (χ1n) is 17.3. The van der Waals surface area contributed by atoms with E-state index in [2.05, 4.69) is 27.2 Å². The quantitative estimate of drug-likeness (QED) is 0.132. The van der Waals surface area contributed by atoms with Crippen LogP contribution in [0.2, 0.25) is 0 Å². The van der Waals surface area contributed by atoms with Crippen LogP contribution in [0.1, 0.15) is 74.0 Å². The van der Waals surface area contributed by atoms with Crippen molar-refractivity contribution in [1.29, 1.82) is 0 Å². The maximum atomic E-state index is 13.6. The molecule has 1 saturated heterocycles. The molecule has 1 unspecified atom stereocenters. The SMILES string of the molecule is CCCCCCCOc1ccc(-c2cnc(-c3ccc(CC(NC(=O)c4ccc(CC)cn4)C(=O)N4CC[C@H](C(=O)O)C4)cc3)nc2)cc1. The summed E-state index contributed by atoms with van der Waals surface area (Å²) in [6.45, 7) is 5.39. The van der Waals surface area contributed by atoms with Crippen molar-refractivity contribution in [2.45, 2.75) is 71.3 Å². The van der Waals surface area contributed by atoms with Gasteiger partial charge in [-0.25, -0.2) is 9.97 Å². The fraction of sp³-hybridized carbons (Fsp3) is 0.385. The number of likely N-dealkylation sites (tertiary alicyclic amines) is 1. The van der Waals surface area contributed by atoms with Crippen LogP contribution in [0.3, 0.4) is 0 Å². The number of rotatable bonds is 16. The number of nitrogens with one attached hydrogen (secondary N) is 1. The van der Waals surface area contributed by atoms with Gasteiger partial charge < -0.3 is 20.1 Å². The summed E-state index contributed by atoms with van der Waals surface area (Å²) in [5, 5.41) is 12.3. The van der Waals surface area contributed by atoms with Crippen molar-refractivity contribution in [3.8, 4) is 28.3 Å². The fourth-order valence-corrected chi connectivity index (χ4v) is 5.87. The minimum atomic E-state index is -0.923. The Morgan fingerprint density at radius 1 is 0.837 bits per heavy atom. The maximum absolute atomic E-state index is 13.6. The highest BCUT2D eigenvalue weighted by Crippen LogP contribution is 2.24. The van der Waals surface area contributed by atoms with E-state index in [0.717, 1.165) is 53.0 Å². The van der Waals surface area contributed by atoms with Crippen LogP contribution in [0.4, 0.5) is 0 Å². The number of aryl methyl sites for hydroxylation is 1. The summed E-state index contributed by atoms with van der Waals surface area (Å²) >= 11 is 0. The Labute approximate surface area is 288 Å². The second kappa shape index (κ2) is 17.3. The van der Waals surface area contributed by atoms with E-state index in [0.29, 0.717) is 18.8 Å². The second-order valence-electron chi connectivity index (χ2n) is 12.5. The number of unbranched alkanes of at least 4 members (excludes halogenated alkanes) is 4. The number of hydrogen-bond acceptors (Lipinski definition) is 7. The Balaban J connectivity index is 1.22. The van der Waals surface area contributed by atoms with E-state index in [1.54, 1.807) is 24.7 Å². The fourth-order valence-electron chi connectivity index (χ4n) is 5.87. The lowest BCUT2D eigenvalue weighted by Gasteiger charge is -2.24. The summed E-state index contributed by atoms with van der Waals surface area (Å²) in [5.74, 6) is -0.886. The van der Waals surface area contributed by atoms with Crippen LogP contribution in [0.5, 0.6) is 5.75 Å². The lowest BCUT2D eigenvalue weighted by Crippen LogP contribution is -2.49. The monoisotopic (exact) mass is 663 g/mol. The van der Waals surface area contributed by atoms with Gasteiger partial charge in [0.25, 0.3) is 5.91 Å². The predicted molar refractivity (Wildman–Crippen MR) is 188 cm³/mol. The van der Waals surface area contributed by atoms with Gasteiger partial charge in [0.15, 0.2) is 5.82 Å². The number of nitrogens with zero attached hydrogens (tertiary/aromatic N) is 4. The van der Waals surface area contributed by atoms with Crippen LogP contribution in [0.15, 0.2) is 79.3 Å². The zero-order valence-corrected chi connectivity index (χ0v) is 28.3. The van der Waals surface area contributed by atoms with Gasteiger partial charge in [-0.15, -0.1) is 0 Å². The minimum Gasteiger partial charge on any atom is -0.494 e. The van der Waals surface area contributed by atoms with E-state index >= 15 is 0 Å². The van der Waals surface area contributed by atoms with Crippen LogP contribution in [0, 0.1) is 5.92 Å². The van der Waals surface area contributed by atoms with E-state index in [4.69, 9.17) is 4.74 Å². The van der Waals surface area contributed by atoms with E-state index in [9.17, 15) is 19.5 Å². The summed E-state index contributed by atoms with van der Waals surface area (Å²) in [6, 6.07) is 18.1. The van der Waals surface area contributed by atoms with Crippen molar-refractivity contribution < 1.29 is 24.2 Å². The summed E-state index contributed by atoms with van der Waals surface area (Å²) in [7, 11) is 0. The molecule has 256 valence electrons. The lowest BCUT2D eigenvalue weighted by atomic mass is 10.0. The molecule has 10 nitrogen and oxygen atoms in total. The molecule has 2 aromatic heterocycles. The predicted octanol–water partition coefficient (Wildman–Crippen LogP) is 6.39. The highest BCUT2D eigenvalue weighted by molar-refractivity contribution is 5.96. The first kappa shape index (κ1) is 35.2. The topological polar surface area (TPSA) is 135 Å². The van der Waals surface area contributed by atoms with Crippen LogP contribution in [-0.4, -0.2) is 68.5 Å². The molecule has 2 N–H and O–H groups in total. The molecule has 10 heteroatoms. The van der Waals surface area contributed by atoms with Gasteiger partial charge in [-0.2, -0.15) is 0 Å². The first-order chi connectivity index (χ1) is 23.8. The van der Waals surface area contributed by atoms with Gasteiger partial charge in [-0.05, 0) is 54.2 Å². The normalized spacial score (nSPS) is 14.7. The van der Waals surface area contributed by atoms with Gasteiger partial charge >= 0.3 is 5.97 Å². The molecule has 0 bridgehead atoms. The van der Waals surface area contributed by atoms with E-state index in [1.165, 1.54) is 30.6 Å². The van der Waals surface area contributed by atoms with Crippen LogP contribution in [-0.2, 0) is 22.4 Å². The Kier molecular flexibility index (Phi) is 12.4. The van der Waals surface area contributed by atoms with Gasteiger partial charge in [-0.1, -0.05) is 82.0 Å². The van der Waals surface area contributed by atoms with Crippen molar-refractivity contribution in [2.75, 3.05) is 19.7 Å². The molecule has 1 aliphatic heterocycles. The number of benzene rings is 2. The van der Waals surface area contributed by atoms with Crippen molar-refractivity contribution >= 4 is 17.8 Å².